The van der Waals surface area contributed by atoms with Crippen LogP contribution in [0.5, 0.6) is 11.5 Å². The molecule has 1 fully saturated rings. The summed E-state index contributed by atoms with van der Waals surface area (Å²) in [5.41, 5.74) is 0.775. The smallest absolute Gasteiger partial charge is 0.263 e. The Hall–Kier alpha value is -2.68. The number of nitrogens with zero attached hydrogens (tertiary/aromatic N) is 1. The number of rotatable bonds is 8. The molecule has 0 atom stereocenters. The highest BCUT2D eigenvalue weighted by atomic mass is 16.5. The van der Waals surface area contributed by atoms with E-state index in [4.69, 9.17) is 9.47 Å². The van der Waals surface area contributed by atoms with E-state index in [-0.39, 0.29) is 17.5 Å². The Morgan fingerprint density at radius 3 is 2.54 bits per heavy atom. The lowest BCUT2D eigenvalue weighted by Crippen LogP contribution is -2.37. The molecule has 0 heterocycles. The third-order valence-corrected chi connectivity index (χ3v) is 4.23. The molecule has 1 amide bonds. The molecule has 0 aromatic heterocycles. The molecule has 1 aromatic carbocycles. The minimum absolute atomic E-state index is 0.0578. The molecule has 0 aliphatic heterocycles. The van der Waals surface area contributed by atoms with E-state index in [0.29, 0.717) is 24.7 Å². The van der Waals surface area contributed by atoms with Crippen molar-refractivity contribution < 1.29 is 14.3 Å². The molecule has 2 rings (SSSR count). The van der Waals surface area contributed by atoms with Crippen molar-refractivity contribution in [2.45, 2.75) is 52.0 Å². The Balaban J connectivity index is 2.04. The zero-order valence-corrected chi connectivity index (χ0v) is 15.5. The van der Waals surface area contributed by atoms with Crippen LogP contribution in [0.4, 0.5) is 5.69 Å². The Bertz CT molecular complexity index is 673. The molecule has 26 heavy (non-hydrogen) atoms. The normalized spacial score (nSPS) is 15.0. The third kappa shape index (κ3) is 5.69. The van der Waals surface area contributed by atoms with Crippen molar-refractivity contribution in [1.82, 2.24) is 5.32 Å². The number of nitriles is 1. The average Bonchev–Trinajstić information content (AvgIpc) is 2.65. The van der Waals surface area contributed by atoms with Crippen molar-refractivity contribution in [3.05, 3.63) is 30.0 Å². The van der Waals surface area contributed by atoms with Crippen LogP contribution in [-0.2, 0) is 4.79 Å². The van der Waals surface area contributed by atoms with Gasteiger partial charge in [-0.05, 0) is 38.8 Å². The average molecular weight is 357 g/mol. The van der Waals surface area contributed by atoms with E-state index in [0.717, 1.165) is 31.4 Å². The molecular weight excluding hydrogens is 330 g/mol. The minimum Gasteiger partial charge on any atom is -0.490 e. The van der Waals surface area contributed by atoms with Gasteiger partial charge in [0.05, 0.1) is 13.2 Å². The highest BCUT2D eigenvalue weighted by molar-refractivity contribution is 5.97. The van der Waals surface area contributed by atoms with Gasteiger partial charge in [-0.25, -0.2) is 0 Å². The van der Waals surface area contributed by atoms with Gasteiger partial charge < -0.3 is 20.1 Å². The number of hydrogen-bond acceptors (Lipinski definition) is 5. The first kappa shape index (κ1) is 19.6. The number of benzene rings is 1. The van der Waals surface area contributed by atoms with E-state index in [2.05, 4.69) is 10.6 Å². The second kappa shape index (κ2) is 10.3. The predicted molar refractivity (Wildman–Crippen MR) is 101 cm³/mol. The van der Waals surface area contributed by atoms with Gasteiger partial charge in [-0.3, -0.25) is 4.79 Å². The van der Waals surface area contributed by atoms with Gasteiger partial charge in [0, 0.05) is 24.0 Å². The summed E-state index contributed by atoms with van der Waals surface area (Å²) < 4.78 is 11.1. The molecular formula is C20H27N3O3. The van der Waals surface area contributed by atoms with Crippen molar-refractivity contribution in [2.24, 2.45) is 0 Å². The number of nitrogens with one attached hydrogen (secondary N) is 2. The van der Waals surface area contributed by atoms with Crippen LogP contribution < -0.4 is 20.1 Å². The zero-order valence-electron chi connectivity index (χ0n) is 15.5. The lowest BCUT2D eigenvalue weighted by Gasteiger charge is -2.22. The topological polar surface area (TPSA) is 83.4 Å². The lowest BCUT2D eigenvalue weighted by atomic mass is 9.95. The molecule has 1 aromatic rings. The molecule has 0 spiro atoms. The minimum atomic E-state index is -0.331. The second-order valence-electron chi connectivity index (χ2n) is 6.15. The largest absolute Gasteiger partial charge is 0.490 e. The van der Waals surface area contributed by atoms with Crippen molar-refractivity contribution in [1.29, 1.82) is 5.26 Å². The molecule has 1 aliphatic rings. The Morgan fingerprint density at radius 1 is 1.19 bits per heavy atom. The summed E-state index contributed by atoms with van der Waals surface area (Å²) in [7, 11) is 0. The summed E-state index contributed by atoms with van der Waals surface area (Å²) >= 11 is 0. The van der Waals surface area contributed by atoms with Crippen LogP contribution in [0.25, 0.3) is 0 Å². The van der Waals surface area contributed by atoms with Gasteiger partial charge in [-0.1, -0.05) is 19.3 Å². The van der Waals surface area contributed by atoms with E-state index in [1.54, 1.807) is 12.1 Å². The van der Waals surface area contributed by atoms with Gasteiger partial charge in [0.2, 0.25) is 0 Å². The maximum Gasteiger partial charge on any atom is 0.263 e. The Kier molecular flexibility index (Phi) is 7.81. The van der Waals surface area contributed by atoms with Crippen LogP contribution in [0.1, 0.15) is 46.0 Å². The Morgan fingerprint density at radius 2 is 1.88 bits per heavy atom. The highest BCUT2D eigenvalue weighted by Crippen LogP contribution is 2.30. The first-order valence-corrected chi connectivity index (χ1v) is 9.25. The van der Waals surface area contributed by atoms with E-state index in [1.807, 2.05) is 26.0 Å². The van der Waals surface area contributed by atoms with Crippen LogP contribution in [0.2, 0.25) is 0 Å². The Labute approximate surface area is 155 Å². The van der Waals surface area contributed by atoms with Crippen LogP contribution in [0.3, 0.4) is 0 Å². The van der Waals surface area contributed by atoms with Crippen molar-refractivity contribution in [3.8, 4) is 17.6 Å². The molecule has 0 radical (unpaired) electrons. The van der Waals surface area contributed by atoms with Gasteiger partial charge in [0.25, 0.3) is 5.91 Å². The maximum atomic E-state index is 12.3. The lowest BCUT2D eigenvalue weighted by molar-refractivity contribution is -0.118. The fourth-order valence-electron chi connectivity index (χ4n) is 2.96. The fraction of sp³-hybridized carbons (Fsp3) is 0.500. The molecule has 140 valence electrons. The molecule has 1 aliphatic carbocycles. The van der Waals surface area contributed by atoms with Crippen molar-refractivity contribution >= 4 is 11.6 Å². The van der Waals surface area contributed by atoms with Gasteiger partial charge >= 0.3 is 0 Å². The van der Waals surface area contributed by atoms with E-state index < -0.39 is 0 Å². The van der Waals surface area contributed by atoms with Crippen LogP contribution in [-0.4, -0.2) is 25.2 Å². The molecule has 0 saturated heterocycles. The van der Waals surface area contributed by atoms with Crippen LogP contribution in [0.15, 0.2) is 30.0 Å². The summed E-state index contributed by atoms with van der Waals surface area (Å²) in [4.78, 5) is 12.3. The second-order valence-corrected chi connectivity index (χ2v) is 6.15. The summed E-state index contributed by atoms with van der Waals surface area (Å²) in [6.07, 6.45) is 6.86. The number of hydrogen-bond donors (Lipinski definition) is 2. The zero-order chi connectivity index (χ0) is 18.8. The van der Waals surface area contributed by atoms with Gasteiger partial charge in [0.15, 0.2) is 11.5 Å². The summed E-state index contributed by atoms with van der Waals surface area (Å²) in [6.45, 7) is 4.88. The van der Waals surface area contributed by atoms with Gasteiger partial charge in [-0.15, -0.1) is 0 Å². The molecule has 6 heteroatoms. The molecule has 0 unspecified atom stereocenters. The number of anilines is 1. The summed E-state index contributed by atoms with van der Waals surface area (Å²) in [5, 5.41) is 15.2. The standard InChI is InChI=1S/C20H27N3O3/c1-3-25-18-11-10-17(12-19(18)26-4-2)22-14-15(13-21)20(24)23-16-8-6-5-7-9-16/h10-12,14,16,22H,3-9H2,1-2H3,(H,23,24)/b15-14-. The third-order valence-electron chi connectivity index (χ3n) is 4.23. The molecule has 2 N–H and O–H groups in total. The maximum absolute atomic E-state index is 12.3. The van der Waals surface area contributed by atoms with Gasteiger partial charge in [-0.2, -0.15) is 5.26 Å². The SMILES string of the molecule is CCOc1ccc(N/C=C(/C#N)C(=O)NC2CCCCC2)cc1OCC. The monoisotopic (exact) mass is 357 g/mol. The van der Waals surface area contributed by atoms with E-state index in [1.165, 1.54) is 12.6 Å². The quantitative estimate of drug-likeness (QED) is 0.547. The van der Waals surface area contributed by atoms with Crippen molar-refractivity contribution in [2.75, 3.05) is 18.5 Å². The number of ether oxygens (including phenoxy) is 2. The summed E-state index contributed by atoms with van der Waals surface area (Å²) in [6, 6.07) is 7.55. The molecule has 1 saturated carbocycles. The van der Waals surface area contributed by atoms with Crippen LogP contribution >= 0.6 is 0 Å². The molecule has 0 bridgehead atoms. The first-order chi connectivity index (χ1) is 12.7. The van der Waals surface area contributed by atoms with Gasteiger partial charge in [0.1, 0.15) is 11.6 Å². The van der Waals surface area contributed by atoms with E-state index >= 15 is 0 Å². The van der Waals surface area contributed by atoms with Crippen molar-refractivity contribution in [3.63, 3.8) is 0 Å². The molecule has 6 nitrogen and oxygen atoms in total. The van der Waals surface area contributed by atoms with Crippen LogP contribution in [0, 0.1) is 11.3 Å². The number of amides is 1. The summed E-state index contributed by atoms with van der Waals surface area (Å²) in [5.74, 6) is 0.959. The number of carbonyl (C=O) groups is 1. The van der Waals surface area contributed by atoms with E-state index in [9.17, 15) is 10.1 Å². The highest BCUT2D eigenvalue weighted by Gasteiger charge is 2.18. The first-order valence-electron chi connectivity index (χ1n) is 9.25. The predicted octanol–water partition coefficient (Wildman–Crippen LogP) is 3.75. The fourth-order valence-corrected chi connectivity index (χ4v) is 2.96. The number of carbonyl (C=O) groups excluding carboxylic acids is 1.